The third-order valence-corrected chi connectivity index (χ3v) is 10.4. The van der Waals surface area contributed by atoms with E-state index in [9.17, 15) is 34.5 Å². The number of methoxy groups -OCH3 is 1. The van der Waals surface area contributed by atoms with Gasteiger partial charge in [-0.25, -0.2) is 14.4 Å². The number of aliphatic hydroxyl groups is 3. The number of aliphatic hydroxyl groups excluding tert-OH is 3. The van der Waals surface area contributed by atoms with Gasteiger partial charge in [0.05, 0.1) is 31.3 Å². The Morgan fingerprint density at radius 3 is 2.45 bits per heavy atom. The van der Waals surface area contributed by atoms with Crippen LogP contribution in [0.15, 0.2) is 35.6 Å². The van der Waals surface area contributed by atoms with Crippen LogP contribution in [0.1, 0.15) is 37.0 Å². The van der Waals surface area contributed by atoms with Crippen LogP contribution in [-0.2, 0) is 33.3 Å². The lowest BCUT2D eigenvalue weighted by molar-refractivity contribution is -0.288. The molecule has 2 heterocycles. The minimum absolute atomic E-state index is 0.0786. The number of carbonyl (C=O) groups is 4. The van der Waals surface area contributed by atoms with Gasteiger partial charge < -0.3 is 34.3 Å². The first-order valence-electron chi connectivity index (χ1n) is 13.0. The number of halogens is 1. The van der Waals surface area contributed by atoms with Crippen LogP contribution >= 0.6 is 11.6 Å². The number of hydrogen-bond donors (Lipinski definition) is 3. The summed E-state index contributed by atoms with van der Waals surface area (Å²) in [6, 6.07) is 5.76. The maximum Gasteiger partial charge on any atom is 0.348 e. The SMILES string of the molecule is COC(=O)[C@@]12OC[C@]34C([C@@H](O)C1O)[C@@]1(C)CC(=O)C(O)=C(C)C1C[C@H]3OC(=O)[C@H](OC(=O)c1ccc(Cl)cc1)[C@H]42. The Bertz CT molecular complexity index is 1360. The van der Waals surface area contributed by atoms with Crippen molar-refractivity contribution in [2.45, 2.75) is 56.7 Å². The van der Waals surface area contributed by atoms with Gasteiger partial charge in [0.25, 0.3) is 0 Å². The molecule has 0 amide bonds. The molecular formula is C28H29ClO11. The molecule has 5 aliphatic rings. The maximum atomic E-state index is 13.6. The number of esters is 3. The second-order valence-corrected chi connectivity index (χ2v) is 12.2. The van der Waals surface area contributed by atoms with Crippen molar-refractivity contribution in [2.24, 2.45) is 28.6 Å². The summed E-state index contributed by atoms with van der Waals surface area (Å²) in [4.78, 5) is 53.1. The van der Waals surface area contributed by atoms with Crippen molar-refractivity contribution in [3.8, 4) is 0 Å². The molecule has 2 aliphatic heterocycles. The molecule has 12 heteroatoms. The number of ketones is 1. The number of allylic oxidation sites excluding steroid dienone is 2. The molecule has 0 radical (unpaired) electrons. The molecule has 40 heavy (non-hydrogen) atoms. The summed E-state index contributed by atoms with van der Waals surface area (Å²) in [6.07, 6.45) is -6.19. The number of carbonyl (C=O) groups excluding carboxylic acids is 4. The summed E-state index contributed by atoms with van der Waals surface area (Å²) < 4.78 is 22.7. The van der Waals surface area contributed by atoms with E-state index in [0.29, 0.717) is 10.6 Å². The van der Waals surface area contributed by atoms with Crippen LogP contribution in [0.3, 0.4) is 0 Å². The van der Waals surface area contributed by atoms with Crippen molar-refractivity contribution in [3.63, 3.8) is 0 Å². The summed E-state index contributed by atoms with van der Waals surface area (Å²) in [5.74, 6) is -6.55. The van der Waals surface area contributed by atoms with E-state index in [1.807, 2.05) is 0 Å². The fraction of sp³-hybridized carbons (Fsp3) is 0.571. The Labute approximate surface area is 234 Å². The molecule has 10 atom stereocenters. The molecule has 1 aromatic carbocycles. The minimum atomic E-state index is -2.26. The van der Waals surface area contributed by atoms with E-state index in [1.54, 1.807) is 13.8 Å². The lowest BCUT2D eigenvalue weighted by Gasteiger charge is -2.67. The van der Waals surface area contributed by atoms with Crippen molar-refractivity contribution < 1.29 is 53.4 Å². The van der Waals surface area contributed by atoms with Gasteiger partial charge in [-0.15, -0.1) is 0 Å². The zero-order valence-corrected chi connectivity index (χ0v) is 22.7. The molecule has 3 N–H and O–H groups in total. The first-order valence-corrected chi connectivity index (χ1v) is 13.4. The summed E-state index contributed by atoms with van der Waals surface area (Å²) in [6.45, 7) is 3.15. The van der Waals surface area contributed by atoms with Crippen molar-refractivity contribution in [1.82, 2.24) is 0 Å². The van der Waals surface area contributed by atoms with Gasteiger partial charge in [-0.2, -0.15) is 0 Å². The largest absolute Gasteiger partial charge is 0.504 e. The highest BCUT2D eigenvalue weighted by molar-refractivity contribution is 6.30. The maximum absolute atomic E-state index is 13.6. The fourth-order valence-electron chi connectivity index (χ4n) is 8.63. The Balaban J connectivity index is 1.53. The second kappa shape index (κ2) is 8.75. The van der Waals surface area contributed by atoms with E-state index >= 15 is 0 Å². The number of benzene rings is 1. The van der Waals surface area contributed by atoms with Gasteiger partial charge in [-0.3, -0.25) is 4.79 Å². The molecule has 2 bridgehead atoms. The molecule has 3 unspecified atom stereocenters. The van der Waals surface area contributed by atoms with E-state index < -0.39 is 82.3 Å². The predicted octanol–water partition coefficient (Wildman–Crippen LogP) is 1.52. The monoisotopic (exact) mass is 576 g/mol. The van der Waals surface area contributed by atoms with Crippen LogP contribution in [-0.4, -0.2) is 82.7 Å². The summed E-state index contributed by atoms with van der Waals surface area (Å²) in [5.41, 5.74) is -4.17. The zero-order valence-electron chi connectivity index (χ0n) is 22.0. The highest BCUT2D eigenvalue weighted by atomic mass is 35.5. The molecule has 6 rings (SSSR count). The van der Waals surface area contributed by atoms with Crippen LogP contribution in [0.5, 0.6) is 0 Å². The smallest absolute Gasteiger partial charge is 0.348 e. The molecular weight excluding hydrogens is 548 g/mol. The van der Waals surface area contributed by atoms with Gasteiger partial charge >= 0.3 is 17.9 Å². The van der Waals surface area contributed by atoms with Crippen LogP contribution in [0, 0.1) is 28.6 Å². The van der Waals surface area contributed by atoms with Gasteiger partial charge in [0.15, 0.2) is 11.5 Å². The highest BCUT2D eigenvalue weighted by Crippen LogP contribution is 2.72. The highest BCUT2D eigenvalue weighted by Gasteiger charge is 2.85. The van der Waals surface area contributed by atoms with Crippen LogP contribution in [0.4, 0.5) is 0 Å². The molecule has 11 nitrogen and oxygen atoms in total. The predicted molar refractivity (Wildman–Crippen MR) is 134 cm³/mol. The third-order valence-electron chi connectivity index (χ3n) is 10.2. The second-order valence-electron chi connectivity index (χ2n) is 11.8. The van der Waals surface area contributed by atoms with Crippen molar-refractivity contribution >= 4 is 35.3 Å². The fourth-order valence-corrected chi connectivity index (χ4v) is 8.75. The Kier molecular flexibility index (Phi) is 5.95. The van der Waals surface area contributed by atoms with Crippen molar-refractivity contribution in [1.29, 1.82) is 0 Å². The lowest BCUT2D eigenvalue weighted by atomic mass is 9.38. The Morgan fingerprint density at radius 2 is 1.80 bits per heavy atom. The van der Waals surface area contributed by atoms with Gasteiger partial charge in [0.1, 0.15) is 12.2 Å². The summed E-state index contributed by atoms with van der Waals surface area (Å²) in [7, 11) is 1.08. The van der Waals surface area contributed by atoms with Gasteiger partial charge in [0, 0.05) is 22.8 Å². The zero-order chi connectivity index (χ0) is 28.9. The minimum Gasteiger partial charge on any atom is -0.504 e. The molecule has 4 fully saturated rings. The topological polar surface area (TPSA) is 166 Å². The third kappa shape index (κ3) is 3.17. The van der Waals surface area contributed by atoms with E-state index in [0.717, 1.165) is 7.11 Å². The van der Waals surface area contributed by atoms with E-state index in [2.05, 4.69) is 0 Å². The molecule has 1 spiro atoms. The molecule has 214 valence electrons. The molecule has 3 aliphatic carbocycles. The Hall–Kier alpha value is -2.99. The van der Waals surface area contributed by atoms with E-state index in [4.69, 9.17) is 30.5 Å². The van der Waals surface area contributed by atoms with Crippen LogP contribution < -0.4 is 0 Å². The van der Waals surface area contributed by atoms with E-state index in [-0.39, 0.29) is 30.8 Å². The molecule has 1 aromatic rings. The average molecular weight is 577 g/mol. The number of rotatable bonds is 3. The van der Waals surface area contributed by atoms with Gasteiger partial charge in [-0.05, 0) is 54.5 Å². The van der Waals surface area contributed by atoms with E-state index in [1.165, 1.54) is 24.3 Å². The standard InChI is InChI=1S/C28H29ClO11/c1-11-14-8-16-27-10-38-28(25(36)37-3,22(33)18(32)20(27)26(14,2)9-15(30)17(11)31)21(27)19(24(35)39-16)40-23(34)12-4-6-13(29)7-5-12/h4-7,14,16,18-22,31-33H,8-10H2,1-3H3/t14?,16-,18-,19-,20?,21-,22?,26+,27-,28+/m1/s1. The number of ether oxygens (including phenoxy) is 4. The summed E-state index contributed by atoms with van der Waals surface area (Å²) >= 11 is 5.93. The molecule has 2 saturated heterocycles. The average Bonchev–Trinajstić information content (AvgIpc) is 3.22. The first kappa shape index (κ1) is 27.2. The quantitative estimate of drug-likeness (QED) is 0.353. The normalized spacial score (nSPS) is 43.4. The van der Waals surface area contributed by atoms with Gasteiger partial charge in [0.2, 0.25) is 11.7 Å². The van der Waals surface area contributed by atoms with Crippen molar-refractivity contribution in [2.75, 3.05) is 13.7 Å². The number of hydrogen-bond acceptors (Lipinski definition) is 11. The number of Topliss-reactive ketones (excluding diaryl/α,β-unsaturated/α-hetero) is 1. The molecule has 0 aromatic heterocycles. The number of fused-ring (bicyclic) bond motifs is 2. The van der Waals surface area contributed by atoms with Gasteiger partial charge in [-0.1, -0.05) is 18.5 Å². The Morgan fingerprint density at radius 1 is 1.12 bits per heavy atom. The lowest BCUT2D eigenvalue weighted by Crippen LogP contribution is -2.79. The van der Waals surface area contributed by atoms with Crippen LogP contribution in [0.2, 0.25) is 5.02 Å². The first-order chi connectivity index (χ1) is 18.8. The van der Waals surface area contributed by atoms with Crippen LogP contribution in [0.25, 0.3) is 0 Å². The molecule has 2 saturated carbocycles. The van der Waals surface area contributed by atoms with Crippen molar-refractivity contribution in [3.05, 3.63) is 46.2 Å². The summed E-state index contributed by atoms with van der Waals surface area (Å²) in [5, 5.41) is 34.2.